The van der Waals surface area contributed by atoms with E-state index in [4.69, 9.17) is 11.5 Å². The van der Waals surface area contributed by atoms with Gasteiger partial charge in [-0.15, -0.1) is 10.2 Å². The number of pyridine rings is 1. The highest BCUT2D eigenvalue weighted by atomic mass is 19.3. The normalized spacial score (nSPS) is 11.8. The molecule has 0 aliphatic rings. The molecule has 0 spiro atoms. The summed E-state index contributed by atoms with van der Waals surface area (Å²) in [6, 6.07) is 2.99. The number of hydrogen-bond acceptors (Lipinski definition) is 7. The number of aromatic nitrogens is 7. The summed E-state index contributed by atoms with van der Waals surface area (Å²) in [5.74, 6) is -0.812. The Morgan fingerprint density at radius 2 is 1.96 bits per heavy atom. The van der Waals surface area contributed by atoms with Gasteiger partial charge in [0.15, 0.2) is 17.3 Å². The number of nitrogens with zero attached hydrogens (tertiary/aromatic N) is 7. The monoisotopic (exact) mass is 349 g/mol. The van der Waals surface area contributed by atoms with Crippen molar-refractivity contribution in [1.82, 2.24) is 34.6 Å². The Kier molecular flexibility index (Phi) is 3.20. The molecule has 4 N–H and O–H groups in total. The summed E-state index contributed by atoms with van der Waals surface area (Å²) in [6.45, 7) is -0.673. The number of halogens is 3. The van der Waals surface area contributed by atoms with Crippen LogP contribution in [0.3, 0.4) is 0 Å². The Morgan fingerprint density at radius 3 is 2.72 bits per heavy atom. The lowest BCUT2D eigenvalue weighted by atomic mass is 10.1. The fourth-order valence-corrected chi connectivity index (χ4v) is 2.59. The van der Waals surface area contributed by atoms with Crippen molar-refractivity contribution in [2.45, 2.75) is 13.0 Å². The third-order valence-electron chi connectivity index (χ3n) is 3.55. The maximum Gasteiger partial charge on any atom is 0.258 e. The van der Waals surface area contributed by atoms with Crippen LogP contribution in [-0.4, -0.2) is 41.0 Å². The van der Waals surface area contributed by atoms with Crippen LogP contribution in [0.2, 0.25) is 0 Å². The minimum absolute atomic E-state index is 0.0317. The van der Waals surface area contributed by atoms with Crippen LogP contribution in [-0.2, 0) is 6.54 Å². The van der Waals surface area contributed by atoms with Gasteiger partial charge in [0, 0.05) is 0 Å². The fraction of sp³-hybridized carbons (Fsp3) is 0.154. The van der Waals surface area contributed by atoms with Crippen molar-refractivity contribution in [2.24, 2.45) is 0 Å². The molecule has 4 aromatic rings. The lowest BCUT2D eigenvalue weighted by Crippen LogP contribution is -2.09. The van der Waals surface area contributed by atoms with Gasteiger partial charge >= 0.3 is 0 Å². The Bertz CT molecular complexity index is 1100. The molecule has 0 aliphatic carbocycles. The Morgan fingerprint density at radius 1 is 1.16 bits per heavy atom. The van der Waals surface area contributed by atoms with E-state index in [-0.39, 0.29) is 34.2 Å². The quantitative estimate of drug-likeness (QED) is 0.567. The van der Waals surface area contributed by atoms with Crippen LogP contribution in [0.1, 0.15) is 0 Å². The van der Waals surface area contributed by atoms with Crippen molar-refractivity contribution in [3.05, 3.63) is 24.1 Å². The van der Waals surface area contributed by atoms with E-state index in [1.807, 2.05) is 0 Å². The number of alkyl halides is 2. The number of nitrogen functional groups attached to an aromatic ring is 2. The molecule has 0 unspecified atom stereocenters. The van der Waals surface area contributed by atoms with E-state index in [2.05, 4.69) is 25.4 Å². The number of hydrogen-bond donors (Lipinski definition) is 2. The Hall–Kier alpha value is -3.44. The number of rotatable bonds is 3. The molecule has 0 aromatic carbocycles. The van der Waals surface area contributed by atoms with E-state index in [0.717, 1.165) is 15.4 Å². The van der Waals surface area contributed by atoms with Crippen molar-refractivity contribution >= 4 is 28.4 Å². The SMILES string of the molecule is Nc1nc(N)c2c(-c3ccc4nnn(CC(F)F)c4n3)c(F)cn2n1. The van der Waals surface area contributed by atoms with Crippen molar-refractivity contribution in [3.8, 4) is 11.3 Å². The van der Waals surface area contributed by atoms with Gasteiger partial charge in [-0.3, -0.25) is 0 Å². The molecule has 0 saturated heterocycles. The van der Waals surface area contributed by atoms with Crippen LogP contribution >= 0.6 is 0 Å². The second-order valence-electron chi connectivity index (χ2n) is 5.20. The second-order valence-corrected chi connectivity index (χ2v) is 5.20. The van der Waals surface area contributed by atoms with Crippen LogP contribution in [0, 0.1) is 5.82 Å². The molecule has 4 heterocycles. The van der Waals surface area contributed by atoms with E-state index >= 15 is 0 Å². The molecular weight excluding hydrogens is 339 g/mol. The summed E-state index contributed by atoms with van der Waals surface area (Å²) < 4.78 is 41.8. The topological polar surface area (TPSA) is 126 Å². The average molecular weight is 349 g/mol. The van der Waals surface area contributed by atoms with Crippen LogP contribution < -0.4 is 11.5 Å². The lowest BCUT2D eigenvalue weighted by Gasteiger charge is -2.04. The number of anilines is 2. The molecular formula is C13H10F3N9. The molecule has 9 nitrogen and oxygen atoms in total. The zero-order chi connectivity index (χ0) is 17.7. The molecule has 0 fully saturated rings. The molecule has 0 atom stereocenters. The van der Waals surface area contributed by atoms with Crippen molar-refractivity contribution in [3.63, 3.8) is 0 Å². The summed E-state index contributed by atoms with van der Waals surface area (Å²) in [5.41, 5.74) is 12.1. The average Bonchev–Trinajstić information content (AvgIpc) is 3.07. The van der Waals surface area contributed by atoms with Gasteiger partial charge in [0.2, 0.25) is 5.95 Å². The van der Waals surface area contributed by atoms with E-state index in [1.165, 1.54) is 12.1 Å². The number of nitrogens with two attached hydrogens (primary N) is 2. The molecule has 4 rings (SSSR count). The minimum atomic E-state index is -2.63. The highest BCUT2D eigenvalue weighted by Crippen LogP contribution is 2.31. The first-order valence-corrected chi connectivity index (χ1v) is 7.02. The van der Waals surface area contributed by atoms with E-state index in [9.17, 15) is 13.2 Å². The molecule has 0 radical (unpaired) electrons. The van der Waals surface area contributed by atoms with Crippen LogP contribution in [0.4, 0.5) is 24.9 Å². The third kappa shape index (κ3) is 2.38. The molecule has 0 saturated carbocycles. The first-order valence-electron chi connectivity index (χ1n) is 7.02. The van der Waals surface area contributed by atoms with Gasteiger partial charge in [0.25, 0.3) is 6.43 Å². The number of fused-ring (bicyclic) bond motifs is 2. The molecule has 0 aliphatic heterocycles. The van der Waals surface area contributed by atoms with Crippen molar-refractivity contribution in [2.75, 3.05) is 11.5 Å². The van der Waals surface area contributed by atoms with Crippen molar-refractivity contribution in [1.29, 1.82) is 0 Å². The highest BCUT2D eigenvalue weighted by molar-refractivity contribution is 5.88. The van der Waals surface area contributed by atoms with Gasteiger partial charge < -0.3 is 11.5 Å². The minimum Gasteiger partial charge on any atom is -0.382 e. The molecule has 4 aromatic heterocycles. The van der Waals surface area contributed by atoms with Gasteiger partial charge in [0.05, 0.1) is 17.5 Å². The summed E-state index contributed by atoms with van der Waals surface area (Å²) in [6.07, 6.45) is -1.55. The Labute approximate surface area is 137 Å². The molecule has 0 bridgehead atoms. The van der Waals surface area contributed by atoms with Crippen LogP contribution in [0.25, 0.3) is 27.9 Å². The predicted octanol–water partition coefficient (Wildman–Crippen LogP) is 1.10. The van der Waals surface area contributed by atoms with E-state index in [1.54, 1.807) is 0 Å². The molecule has 25 heavy (non-hydrogen) atoms. The maximum absolute atomic E-state index is 14.5. The maximum atomic E-state index is 14.5. The van der Waals surface area contributed by atoms with E-state index < -0.39 is 18.8 Å². The molecule has 12 heteroatoms. The predicted molar refractivity (Wildman–Crippen MR) is 82.1 cm³/mol. The zero-order valence-electron chi connectivity index (χ0n) is 12.4. The lowest BCUT2D eigenvalue weighted by molar-refractivity contribution is 0.122. The van der Waals surface area contributed by atoms with Gasteiger partial charge in [-0.25, -0.2) is 27.4 Å². The first-order chi connectivity index (χ1) is 11.9. The van der Waals surface area contributed by atoms with E-state index in [0.29, 0.717) is 5.52 Å². The van der Waals surface area contributed by atoms with Crippen LogP contribution in [0.15, 0.2) is 18.3 Å². The van der Waals surface area contributed by atoms with Crippen molar-refractivity contribution < 1.29 is 13.2 Å². The summed E-state index contributed by atoms with van der Waals surface area (Å²) in [5, 5.41) is 11.3. The molecule has 128 valence electrons. The highest BCUT2D eigenvalue weighted by Gasteiger charge is 2.20. The van der Waals surface area contributed by atoms with Gasteiger partial charge in [0.1, 0.15) is 17.6 Å². The summed E-state index contributed by atoms with van der Waals surface area (Å²) in [4.78, 5) is 8.02. The standard InChI is InChI=1S/C13H10F3N9/c14-5-3-24-10(11(17)20-13(18)22-24)9(5)6-1-2-7-12(19-6)25(23-21-7)4-8(15)16/h1-3,8H,4H2,(H4,17,18,20,22). The zero-order valence-corrected chi connectivity index (χ0v) is 12.4. The second kappa shape index (κ2) is 5.29. The molecule has 0 amide bonds. The third-order valence-corrected chi connectivity index (χ3v) is 3.55. The summed E-state index contributed by atoms with van der Waals surface area (Å²) in [7, 11) is 0. The fourth-order valence-electron chi connectivity index (χ4n) is 2.59. The van der Waals surface area contributed by atoms with Crippen LogP contribution in [0.5, 0.6) is 0 Å². The van der Waals surface area contributed by atoms with Gasteiger partial charge in [-0.2, -0.15) is 4.98 Å². The van der Waals surface area contributed by atoms with Gasteiger partial charge in [-0.1, -0.05) is 5.21 Å². The smallest absolute Gasteiger partial charge is 0.258 e. The largest absolute Gasteiger partial charge is 0.382 e. The Balaban J connectivity index is 1.95. The van der Waals surface area contributed by atoms with Gasteiger partial charge in [-0.05, 0) is 12.1 Å². The first kappa shape index (κ1) is 15.1. The summed E-state index contributed by atoms with van der Waals surface area (Å²) >= 11 is 0.